The predicted octanol–water partition coefficient (Wildman–Crippen LogP) is 0.217. The van der Waals surface area contributed by atoms with Crippen LogP contribution in [0, 0.1) is 0 Å². The van der Waals surface area contributed by atoms with E-state index in [9.17, 15) is 13.2 Å². The summed E-state index contributed by atoms with van der Waals surface area (Å²) in [4.78, 5) is 10.4. The number of phenolic OH excluding ortho intramolecular Hbond substituents is 1. The summed E-state index contributed by atoms with van der Waals surface area (Å²) in [5.41, 5.74) is 0. The molecule has 0 heterocycles. The summed E-state index contributed by atoms with van der Waals surface area (Å²) in [6.45, 7) is 1.10. The van der Waals surface area contributed by atoms with Gasteiger partial charge in [-0.25, -0.2) is 13.1 Å². The van der Waals surface area contributed by atoms with Crippen molar-refractivity contribution in [1.29, 1.82) is 0 Å². The molecule has 0 spiro atoms. The van der Waals surface area contributed by atoms with Crippen molar-refractivity contribution in [2.45, 2.75) is 11.8 Å². The van der Waals surface area contributed by atoms with Crippen LogP contribution in [0.4, 0.5) is 0 Å². The fourth-order valence-corrected chi connectivity index (χ4v) is 1.93. The molecule has 1 aromatic rings. The summed E-state index contributed by atoms with van der Waals surface area (Å²) in [6, 6.07) is 5.06. The fraction of sp³-hybridized carbons (Fsp3) is 0.125. The molecule has 0 aliphatic heterocycles. The molecule has 0 aromatic heterocycles. The SMILES string of the molecule is CC(=O)NS(=O)(=O)c1cccc(O)c1. The minimum absolute atomic E-state index is 0.146. The lowest BCUT2D eigenvalue weighted by molar-refractivity contribution is -0.117. The van der Waals surface area contributed by atoms with E-state index >= 15 is 0 Å². The van der Waals surface area contributed by atoms with Crippen molar-refractivity contribution >= 4 is 15.9 Å². The van der Waals surface area contributed by atoms with Crippen LogP contribution in [0.15, 0.2) is 29.2 Å². The third-order valence-electron chi connectivity index (χ3n) is 1.41. The maximum Gasteiger partial charge on any atom is 0.264 e. The zero-order valence-corrected chi connectivity index (χ0v) is 8.21. The number of phenols is 1. The number of benzene rings is 1. The molecule has 1 amide bonds. The molecule has 2 N–H and O–H groups in total. The van der Waals surface area contributed by atoms with Gasteiger partial charge < -0.3 is 5.11 Å². The van der Waals surface area contributed by atoms with Gasteiger partial charge in [-0.3, -0.25) is 4.79 Å². The molecule has 76 valence electrons. The number of carbonyl (C=O) groups is 1. The molecular formula is C8H9NO4S. The number of amides is 1. The van der Waals surface area contributed by atoms with Crippen LogP contribution in [0.25, 0.3) is 0 Å². The van der Waals surface area contributed by atoms with Gasteiger partial charge in [0.25, 0.3) is 10.0 Å². The van der Waals surface area contributed by atoms with Crippen molar-refractivity contribution < 1.29 is 18.3 Å². The molecular weight excluding hydrogens is 206 g/mol. The van der Waals surface area contributed by atoms with Crippen molar-refractivity contribution in [3.8, 4) is 5.75 Å². The summed E-state index contributed by atoms with van der Waals surface area (Å²) >= 11 is 0. The lowest BCUT2D eigenvalue weighted by Gasteiger charge is -2.04. The van der Waals surface area contributed by atoms with E-state index in [0.717, 1.165) is 13.0 Å². The first-order valence-electron chi connectivity index (χ1n) is 3.74. The summed E-state index contributed by atoms with van der Waals surface area (Å²) in [7, 11) is -3.84. The molecule has 0 saturated carbocycles. The van der Waals surface area contributed by atoms with Gasteiger partial charge in [0.1, 0.15) is 5.75 Å². The molecule has 0 bridgehead atoms. The molecule has 1 rings (SSSR count). The zero-order valence-electron chi connectivity index (χ0n) is 7.39. The maximum atomic E-state index is 11.4. The molecule has 0 fully saturated rings. The van der Waals surface area contributed by atoms with Crippen LogP contribution in [-0.4, -0.2) is 19.4 Å². The highest BCUT2D eigenvalue weighted by atomic mass is 32.2. The highest BCUT2D eigenvalue weighted by molar-refractivity contribution is 7.90. The van der Waals surface area contributed by atoms with E-state index in [2.05, 4.69) is 0 Å². The minimum Gasteiger partial charge on any atom is -0.508 e. The van der Waals surface area contributed by atoms with Gasteiger partial charge in [0.05, 0.1) is 4.90 Å². The number of sulfonamides is 1. The van der Waals surface area contributed by atoms with Crippen molar-refractivity contribution in [3.05, 3.63) is 24.3 Å². The van der Waals surface area contributed by atoms with E-state index in [4.69, 9.17) is 5.11 Å². The van der Waals surface area contributed by atoms with Crippen LogP contribution < -0.4 is 4.72 Å². The first-order chi connectivity index (χ1) is 6.42. The van der Waals surface area contributed by atoms with E-state index in [0.29, 0.717) is 0 Å². The van der Waals surface area contributed by atoms with Crippen LogP contribution in [0.3, 0.4) is 0 Å². The normalized spacial score (nSPS) is 10.9. The Morgan fingerprint density at radius 1 is 1.43 bits per heavy atom. The lowest BCUT2D eigenvalue weighted by atomic mass is 10.3. The van der Waals surface area contributed by atoms with Crippen molar-refractivity contribution in [3.63, 3.8) is 0 Å². The number of hydrogen-bond donors (Lipinski definition) is 2. The average molecular weight is 215 g/mol. The van der Waals surface area contributed by atoms with Gasteiger partial charge in [-0.2, -0.15) is 0 Å². The molecule has 14 heavy (non-hydrogen) atoms. The molecule has 5 nitrogen and oxygen atoms in total. The Labute approximate surface area is 81.4 Å². The second-order valence-corrected chi connectivity index (χ2v) is 4.34. The van der Waals surface area contributed by atoms with Crippen molar-refractivity contribution in [1.82, 2.24) is 4.72 Å². The summed E-state index contributed by atoms with van der Waals surface area (Å²) in [5.74, 6) is -0.843. The van der Waals surface area contributed by atoms with Gasteiger partial charge in [-0.15, -0.1) is 0 Å². The van der Waals surface area contributed by atoms with Gasteiger partial charge in [0.15, 0.2) is 0 Å². The Bertz CT molecular complexity index is 452. The smallest absolute Gasteiger partial charge is 0.264 e. The van der Waals surface area contributed by atoms with Gasteiger partial charge >= 0.3 is 0 Å². The topological polar surface area (TPSA) is 83.5 Å². The monoisotopic (exact) mass is 215 g/mol. The summed E-state index contributed by atoms with van der Waals surface area (Å²) < 4.78 is 24.5. The van der Waals surface area contributed by atoms with E-state index in [1.165, 1.54) is 18.2 Å². The number of rotatable bonds is 2. The molecule has 0 saturated heterocycles. The van der Waals surface area contributed by atoms with Crippen LogP contribution in [-0.2, 0) is 14.8 Å². The maximum absolute atomic E-state index is 11.4. The Kier molecular flexibility index (Phi) is 2.76. The van der Waals surface area contributed by atoms with Gasteiger partial charge in [0, 0.05) is 13.0 Å². The Hall–Kier alpha value is -1.56. The lowest BCUT2D eigenvalue weighted by Crippen LogP contribution is -2.28. The quantitative estimate of drug-likeness (QED) is 0.739. The highest BCUT2D eigenvalue weighted by Crippen LogP contribution is 2.15. The number of carbonyl (C=O) groups excluding carboxylic acids is 1. The zero-order chi connectivity index (χ0) is 10.8. The number of aromatic hydroxyl groups is 1. The van der Waals surface area contributed by atoms with Crippen molar-refractivity contribution in [2.75, 3.05) is 0 Å². The molecule has 6 heteroatoms. The fourth-order valence-electron chi connectivity index (χ4n) is 0.899. The van der Waals surface area contributed by atoms with Gasteiger partial charge in [0.2, 0.25) is 5.91 Å². The standard InChI is InChI=1S/C8H9NO4S/c1-6(10)9-14(12,13)8-4-2-3-7(11)5-8/h2-5,11H,1H3,(H,9,10). The van der Waals surface area contributed by atoms with E-state index in [1.54, 1.807) is 4.72 Å². The number of hydrogen-bond acceptors (Lipinski definition) is 4. The average Bonchev–Trinajstić information content (AvgIpc) is 2.01. The van der Waals surface area contributed by atoms with E-state index in [-0.39, 0.29) is 10.6 Å². The number of nitrogens with one attached hydrogen (secondary N) is 1. The summed E-state index contributed by atoms with van der Waals surface area (Å²) in [6.07, 6.45) is 0. The Morgan fingerprint density at radius 3 is 2.57 bits per heavy atom. The highest BCUT2D eigenvalue weighted by Gasteiger charge is 2.15. The van der Waals surface area contributed by atoms with E-state index < -0.39 is 15.9 Å². The summed E-state index contributed by atoms with van der Waals surface area (Å²) in [5, 5.41) is 9.03. The molecule has 0 atom stereocenters. The van der Waals surface area contributed by atoms with E-state index in [1.807, 2.05) is 0 Å². The first-order valence-corrected chi connectivity index (χ1v) is 5.22. The second kappa shape index (κ2) is 3.67. The molecule has 0 unspecified atom stereocenters. The Balaban J connectivity index is 3.11. The van der Waals surface area contributed by atoms with Crippen LogP contribution in [0.5, 0.6) is 5.75 Å². The molecule has 0 aliphatic rings. The first kappa shape index (κ1) is 10.5. The van der Waals surface area contributed by atoms with Crippen molar-refractivity contribution in [2.24, 2.45) is 0 Å². The molecule has 0 aliphatic carbocycles. The molecule has 1 aromatic carbocycles. The van der Waals surface area contributed by atoms with Crippen LogP contribution >= 0.6 is 0 Å². The van der Waals surface area contributed by atoms with Gasteiger partial charge in [-0.1, -0.05) is 6.07 Å². The third-order valence-corrected chi connectivity index (χ3v) is 2.84. The largest absolute Gasteiger partial charge is 0.508 e. The third kappa shape index (κ3) is 2.46. The predicted molar refractivity (Wildman–Crippen MR) is 49.1 cm³/mol. The van der Waals surface area contributed by atoms with Crippen LogP contribution in [0.1, 0.15) is 6.92 Å². The van der Waals surface area contributed by atoms with Gasteiger partial charge in [-0.05, 0) is 12.1 Å². The minimum atomic E-state index is -3.84. The second-order valence-electron chi connectivity index (χ2n) is 2.66. The van der Waals surface area contributed by atoms with Crippen LogP contribution in [0.2, 0.25) is 0 Å². The molecule has 0 radical (unpaired) electrons. The Morgan fingerprint density at radius 2 is 2.07 bits per heavy atom.